The van der Waals surface area contributed by atoms with Crippen molar-refractivity contribution in [3.8, 4) is 17.6 Å². The number of pyridine rings is 1. The predicted molar refractivity (Wildman–Crippen MR) is 96.7 cm³/mol. The van der Waals surface area contributed by atoms with Crippen LogP contribution < -0.4 is 4.74 Å². The quantitative estimate of drug-likeness (QED) is 0.511. The highest BCUT2D eigenvalue weighted by Crippen LogP contribution is 2.29. The fourth-order valence-corrected chi connectivity index (χ4v) is 2.60. The van der Waals surface area contributed by atoms with E-state index in [1.807, 2.05) is 0 Å². The topological polar surface area (TPSA) is 110 Å². The summed E-state index contributed by atoms with van der Waals surface area (Å²) in [5.74, 6) is -2.43. The van der Waals surface area contributed by atoms with E-state index < -0.39 is 35.3 Å². The highest BCUT2D eigenvalue weighted by molar-refractivity contribution is 5.98. The van der Waals surface area contributed by atoms with Crippen molar-refractivity contribution in [3.05, 3.63) is 52.8 Å². The molecule has 1 heterocycles. The van der Waals surface area contributed by atoms with E-state index in [9.17, 15) is 33.1 Å². The van der Waals surface area contributed by atoms with Crippen LogP contribution in [-0.4, -0.2) is 34.8 Å². The fourth-order valence-electron chi connectivity index (χ4n) is 2.60. The van der Waals surface area contributed by atoms with E-state index >= 15 is 0 Å². The number of nitriles is 1. The van der Waals surface area contributed by atoms with Crippen LogP contribution in [0.3, 0.4) is 0 Å². The number of Topliss-reactive ketones (excluding diaryl/α,β-unsaturated/α-hetero) is 1. The number of aromatic nitrogens is 1. The molecule has 0 atom stereocenters. The number of hydrogen-bond acceptors (Lipinski definition) is 7. The molecule has 0 saturated carbocycles. The lowest BCUT2D eigenvalue weighted by molar-refractivity contribution is -0.274. The summed E-state index contributed by atoms with van der Waals surface area (Å²) < 4.78 is 46.5. The maximum absolute atomic E-state index is 12.6. The first-order valence-corrected chi connectivity index (χ1v) is 8.80. The van der Waals surface area contributed by atoms with Gasteiger partial charge in [0.25, 0.3) is 0 Å². The van der Waals surface area contributed by atoms with Crippen molar-refractivity contribution in [2.75, 3.05) is 6.61 Å². The number of carbonyl (C=O) groups excluding carboxylic acids is 2. The zero-order valence-corrected chi connectivity index (χ0v) is 15.8. The van der Waals surface area contributed by atoms with E-state index in [2.05, 4.69) is 9.72 Å². The highest BCUT2D eigenvalue weighted by Gasteiger charge is 2.32. The first-order chi connectivity index (χ1) is 14.1. The van der Waals surface area contributed by atoms with Gasteiger partial charge in [0.2, 0.25) is 0 Å². The Morgan fingerprint density at radius 3 is 2.57 bits per heavy atom. The van der Waals surface area contributed by atoms with Gasteiger partial charge >= 0.3 is 12.3 Å². The molecule has 0 spiro atoms. The Morgan fingerprint density at radius 1 is 1.23 bits per heavy atom. The van der Waals surface area contributed by atoms with Gasteiger partial charge in [-0.1, -0.05) is 18.2 Å². The largest absolute Gasteiger partial charge is 0.573 e. The molecular formula is C20H17F3N2O5. The SMILES string of the molecule is CCOC(=O)CCC(=O)c1nc(Cc2ccccc2OC(F)(F)F)cc(C#N)c1O. The number of alkyl halides is 3. The molecule has 0 aliphatic rings. The summed E-state index contributed by atoms with van der Waals surface area (Å²) in [5, 5.41) is 19.3. The predicted octanol–water partition coefficient (Wildman–Crippen LogP) is 3.67. The lowest BCUT2D eigenvalue weighted by atomic mass is 10.0. The van der Waals surface area contributed by atoms with Crippen LogP contribution in [-0.2, 0) is 16.0 Å². The number of hydrogen-bond donors (Lipinski definition) is 1. The number of nitrogens with zero attached hydrogens (tertiary/aromatic N) is 2. The molecule has 0 unspecified atom stereocenters. The summed E-state index contributed by atoms with van der Waals surface area (Å²) in [6.45, 7) is 1.75. The van der Waals surface area contributed by atoms with Gasteiger partial charge in [-0.05, 0) is 19.1 Å². The van der Waals surface area contributed by atoms with E-state index in [0.29, 0.717) is 0 Å². The summed E-state index contributed by atoms with van der Waals surface area (Å²) in [4.78, 5) is 27.8. The number of rotatable bonds is 8. The zero-order valence-electron chi connectivity index (χ0n) is 15.8. The number of halogens is 3. The molecule has 0 aliphatic heterocycles. The third-order valence-corrected chi connectivity index (χ3v) is 3.86. The molecule has 30 heavy (non-hydrogen) atoms. The number of ketones is 1. The summed E-state index contributed by atoms with van der Waals surface area (Å²) in [7, 11) is 0. The number of ether oxygens (including phenoxy) is 2. The van der Waals surface area contributed by atoms with E-state index in [1.165, 1.54) is 24.3 Å². The second-order valence-corrected chi connectivity index (χ2v) is 6.03. The smallest absolute Gasteiger partial charge is 0.504 e. The van der Waals surface area contributed by atoms with Gasteiger partial charge in [0.1, 0.15) is 17.5 Å². The van der Waals surface area contributed by atoms with Crippen LogP contribution in [0.25, 0.3) is 0 Å². The fraction of sp³-hybridized carbons (Fsp3) is 0.300. The number of para-hydroxylation sites is 1. The Morgan fingerprint density at radius 2 is 1.93 bits per heavy atom. The van der Waals surface area contributed by atoms with Gasteiger partial charge in [0.05, 0.1) is 18.6 Å². The molecular weight excluding hydrogens is 405 g/mol. The molecule has 10 heteroatoms. The first-order valence-electron chi connectivity index (χ1n) is 8.80. The van der Waals surface area contributed by atoms with Crippen LogP contribution in [0.1, 0.15) is 47.1 Å². The molecule has 2 aromatic rings. The average molecular weight is 422 g/mol. The monoisotopic (exact) mass is 422 g/mol. The molecule has 0 saturated heterocycles. The van der Waals surface area contributed by atoms with Crippen molar-refractivity contribution in [1.82, 2.24) is 4.98 Å². The first kappa shape index (κ1) is 22.7. The van der Waals surface area contributed by atoms with Crippen LogP contribution in [0.2, 0.25) is 0 Å². The van der Waals surface area contributed by atoms with Crippen molar-refractivity contribution < 1.29 is 37.3 Å². The Balaban J connectivity index is 2.33. The second kappa shape index (κ2) is 9.73. The molecule has 0 fully saturated rings. The number of carbonyl (C=O) groups is 2. The molecule has 0 amide bonds. The van der Waals surface area contributed by atoms with Crippen molar-refractivity contribution in [2.45, 2.75) is 32.5 Å². The molecule has 0 radical (unpaired) electrons. The number of esters is 1. The van der Waals surface area contributed by atoms with Crippen LogP contribution >= 0.6 is 0 Å². The maximum Gasteiger partial charge on any atom is 0.573 e. The summed E-state index contributed by atoms with van der Waals surface area (Å²) in [6.07, 6.45) is -5.66. The number of benzene rings is 1. The lowest BCUT2D eigenvalue weighted by Gasteiger charge is -2.14. The maximum atomic E-state index is 12.6. The average Bonchev–Trinajstić information content (AvgIpc) is 2.68. The van der Waals surface area contributed by atoms with E-state index in [-0.39, 0.29) is 42.7 Å². The molecule has 1 aromatic carbocycles. The Labute approximate surface area is 169 Å². The normalized spacial score (nSPS) is 10.9. The lowest BCUT2D eigenvalue weighted by Crippen LogP contribution is -2.18. The van der Waals surface area contributed by atoms with Gasteiger partial charge in [-0.3, -0.25) is 9.59 Å². The standard InChI is InChI=1S/C20H17F3N2O5/c1-2-29-17(27)8-7-15(26)18-19(28)13(11-24)10-14(25-18)9-12-5-3-4-6-16(12)30-20(21,22)23/h3-6,10,28H,2,7-9H2,1H3. The third-order valence-electron chi connectivity index (χ3n) is 3.86. The number of aromatic hydroxyl groups is 1. The second-order valence-electron chi connectivity index (χ2n) is 6.03. The van der Waals surface area contributed by atoms with Crippen molar-refractivity contribution >= 4 is 11.8 Å². The van der Waals surface area contributed by atoms with E-state index in [0.717, 1.165) is 6.07 Å². The molecule has 7 nitrogen and oxygen atoms in total. The van der Waals surface area contributed by atoms with E-state index in [4.69, 9.17) is 4.74 Å². The molecule has 0 aliphatic carbocycles. The third kappa shape index (κ3) is 6.20. The molecule has 1 N–H and O–H groups in total. The van der Waals surface area contributed by atoms with Gasteiger partial charge in [-0.2, -0.15) is 5.26 Å². The summed E-state index contributed by atoms with van der Waals surface area (Å²) >= 11 is 0. The van der Waals surface area contributed by atoms with Crippen LogP contribution in [0.15, 0.2) is 30.3 Å². The minimum Gasteiger partial charge on any atom is -0.504 e. The van der Waals surface area contributed by atoms with Gasteiger partial charge < -0.3 is 14.6 Å². The van der Waals surface area contributed by atoms with Crippen molar-refractivity contribution in [3.63, 3.8) is 0 Å². The van der Waals surface area contributed by atoms with Crippen LogP contribution in [0, 0.1) is 11.3 Å². The van der Waals surface area contributed by atoms with Gasteiger partial charge in [-0.25, -0.2) is 4.98 Å². The van der Waals surface area contributed by atoms with Crippen molar-refractivity contribution in [1.29, 1.82) is 5.26 Å². The zero-order chi connectivity index (χ0) is 22.3. The molecule has 1 aromatic heterocycles. The van der Waals surface area contributed by atoms with E-state index in [1.54, 1.807) is 13.0 Å². The Hall–Kier alpha value is -3.61. The molecule has 0 bridgehead atoms. The van der Waals surface area contributed by atoms with Crippen LogP contribution in [0.5, 0.6) is 11.5 Å². The van der Waals surface area contributed by atoms with Crippen molar-refractivity contribution in [2.24, 2.45) is 0 Å². The molecule has 158 valence electrons. The van der Waals surface area contributed by atoms with Gasteiger partial charge in [-0.15, -0.1) is 13.2 Å². The summed E-state index contributed by atoms with van der Waals surface area (Å²) in [5.41, 5.74) is -0.528. The van der Waals surface area contributed by atoms with Gasteiger partial charge in [0, 0.05) is 24.1 Å². The Kier molecular flexibility index (Phi) is 7.36. The molecule has 2 rings (SSSR count). The minimum atomic E-state index is -4.90. The van der Waals surface area contributed by atoms with Gasteiger partial charge in [0.15, 0.2) is 11.5 Å². The van der Waals surface area contributed by atoms with Crippen LogP contribution in [0.4, 0.5) is 13.2 Å². The minimum absolute atomic E-state index is 0.0714. The highest BCUT2D eigenvalue weighted by atomic mass is 19.4. The Bertz CT molecular complexity index is 983. The summed E-state index contributed by atoms with van der Waals surface area (Å²) in [6, 6.07) is 8.24.